The Morgan fingerprint density at radius 2 is 2.09 bits per heavy atom. The van der Waals surface area contributed by atoms with Crippen molar-refractivity contribution in [3.8, 4) is 16.5 Å². The Balaban J connectivity index is 1.69. The Morgan fingerprint density at radius 3 is 2.86 bits per heavy atom. The van der Waals surface area contributed by atoms with Crippen LogP contribution in [0.5, 0.6) is 5.75 Å². The largest absolute Gasteiger partial charge is 0.484 e. The van der Waals surface area contributed by atoms with Crippen LogP contribution < -0.4 is 10.5 Å². The van der Waals surface area contributed by atoms with Crippen LogP contribution in [0.1, 0.15) is 11.5 Å². The molecule has 7 heteroatoms. The van der Waals surface area contributed by atoms with Crippen LogP contribution in [0.25, 0.3) is 10.8 Å². The minimum atomic E-state index is -0.408. The number of nitrogens with two attached hydrogens (primary N) is 1. The lowest BCUT2D eigenvalue weighted by Gasteiger charge is -2.08. The van der Waals surface area contributed by atoms with Gasteiger partial charge in [-0.1, -0.05) is 24.3 Å². The number of aromatic nitrogens is 2. The fraction of sp³-hybridized carbons (Fsp3) is 0.133. The Hall–Kier alpha value is -2.67. The summed E-state index contributed by atoms with van der Waals surface area (Å²) in [4.78, 5) is 12.0. The number of para-hydroxylation sites is 1. The maximum Gasteiger partial charge on any atom is 0.257 e. The third-order valence-electron chi connectivity index (χ3n) is 2.89. The highest BCUT2D eigenvalue weighted by Gasteiger charge is 2.11. The molecule has 0 fully saturated rings. The van der Waals surface area contributed by atoms with Crippen molar-refractivity contribution in [2.45, 2.75) is 13.0 Å². The van der Waals surface area contributed by atoms with Gasteiger partial charge in [0.25, 0.3) is 11.8 Å². The average Bonchev–Trinajstić information content (AvgIpc) is 3.17. The van der Waals surface area contributed by atoms with Gasteiger partial charge in [0.1, 0.15) is 5.75 Å². The average molecular weight is 315 g/mol. The SMILES string of the molecule is NC(=O)Cc1ccccc1OCc1nnc(-c2cccs2)o1. The van der Waals surface area contributed by atoms with E-state index in [1.54, 1.807) is 12.1 Å². The highest BCUT2D eigenvalue weighted by atomic mass is 32.1. The van der Waals surface area contributed by atoms with E-state index in [0.717, 1.165) is 10.4 Å². The normalized spacial score (nSPS) is 10.5. The molecule has 1 aromatic carbocycles. The summed E-state index contributed by atoms with van der Waals surface area (Å²) in [5.41, 5.74) is 5.95. The van der Waals surface area contributed by atoms with Crippen LogP contribution >= 0.6 is 11.3 Å². The third kappa shape index (κ3) is 3.32. The molecule has 0 unspecified atom stereocenters. The zero-order valence-electron chi connectivity index (χ0n) is 11.6. The lowest BCUT2D eigenvalue weighted by atomic mass is 10.1. The molecule has 3 rings (SSSR count). The molecule has 0 atom stereocenters. The first-order valence-electron chi connectivity index (χ1n) is 6.57. The summed E-state index contributed by atoms with van der Waals surface area (Å²) < 4.78 is 11.2. The van der Waals surface area contributed by atoms with Crippen molar-refractivity contribution in [2.75, 3.05) is 0 Å². The van der Waals surface area contributed by atoms with E-state index < -0.39 is 5.91 Å². The Bertz CT molecular complexity index is 768. The molecular weight excluding hydrogens is 302 g/mol. The molecule has 3 aromatic rings. The maximum atomic E-state index is 11.1. The van der Waals surface area contributed by atoms with Gasteiger partial charge >= 0.3 is 0 Å². The third-order valence-corrected chi connectivity index (χ3v) is 3.75. The van der Waals surface area contributed by atoms with Crippen molar-refractivity contribution in [1.29, 1.82) is 0 Å². The van der Waals surface area contributed by atoms with Gasteiger partial charge in [0, 0.05) is 5.56 Å². The van der Waals surface area contributed by atoms with Crippen LogP contribution in [0.3, 0.4) is 0 Å². The first kappa shape index (κ1) is 14.3. The molecule has 2 aromatic heterocycles. The fourth-order valence-electron chi connectivity index (χ4n) is 1.93. The Kier molecular flexibility index (Phi) is 4.15. The molecular formula is C15H13N3O3S. The monoisotopic (exact) mass is 315 g/mol. The number of ether oxygens (including phenoxy) is 1. The molecule has 0 spiro atoms. The minimum absolute atomic E-state index is 0.125. The van der Waals surface area contributed by atoms with Crippen molar-refractivity contribution in [3.05, 3.63) is 53.2 Å². The van der Waals surface area contributed by atoms with Crippen molar-refractivity contribution >= 4 is 17.2 Å². The van der Waals surface area contributed by atoms with Gasteiger partial charge in [0.05, 0.1) is 11.3 Å². The highest BCUT2D eigenvalue weighted by Crippen LogP contribution is 2.24. The Labute approximate surface area is 130 Å². The van der Waals surface area contributed by atoms with Crippen LogP contribution in [-0.4, -0.2) is 16.1 Å². The van der Waals surface area contributed by atoms with Crippen LogP contribution in [0, 0.1) is 0 Å². The number of benzene rings is 1. The van der Waals surface area contributed by atoms with Gasteiger partial charge in [0.15, 0.2) is 6.61 Å². The second-order valence-corrected chi connectivity index (χ2v) is 5.47. The smallest absolute Gasteiger partial charge is 0.257 e. The molecule has 0 aliphatic heterocycles. The van der Waals surface area contributed by atoms with Crippen molar-refractivity contribution in [2.24, 2.45) is 5.73 Å². The van der Waals surface area contributed by atoms with E-state index in [0.29, 0.717) is 17.5 Å². The van der Waals surface area contributed by atoms with Crippen molar-refractivity contribution < 1.29 is 13.9 Å². The molecule has 6 nitrogen and oxygen atoms in total. The zero-order chi connectivity index (χ0) is 15.4. The first-order chi connectivity index (χ1) is 10.7. The van der Waals surface area contributed by atoms with Gasteiger partial charge in [-0.3, -0.25) is 4.79 Å². The summed E-state index contributed by atoms with van der Waals surface area (Å²) in [5, 5.41) is 9.87. The van der Waals surface area contributed by atoms with E-state index in [4.69, 9.17) is 14.9 Å². The topological polar surface area (TPSA) is 91.2 Å². The second kappa shape index (κ2) is 6.40. The highest BCUT2D eigenvalue weighted by molar-refractivity contribution is 7.13. The van der Waals surface area contributed by atoms with Crippen LogP contribution in [0.2, 0.25) is 0 Å². The molecule has 1 amide bonds. The van der Waals surface area contributed by atoms with Gasteiger partial charge in [-0.2, -0.15) is 0 Å². The van der Waals surface area contributed by atoms with Crippen LogP contribution in [-0.2, 0) is 17.8 Å². The van der Waals surface area contributed by atoms with Crippen LogP contribution in [0.15, 0.2) is 46.2 Å². The number of carbonyl (C=O) groups excluding carboxylic acids is 1. The predicted molar refractivity (Wildman–Crippen MR) is 81.3 cm³/mol. The molecule has 0 saturated heterocycles. The van der Waals surface area contributed by atoms with E-state index >= 15 is 0 Å². The molecule has 0 radical (unpaired) electrons. The van der Waals surface area contributed by atoms with E-state index in [-0.39, 0.29) is 13.0 Å². The number of carbonyl (C=O) groups is 1. The summed E-state index contributed by atoms with van der Waals surface area (Å²) in [5.74, 6) is 1.02. The maximum absolute atomic E-state index is 11.1. The number of hydrogen-bond acceptors (Lipinski definition) is 6. The molecule has 112 valence electrons. The lowest BCUT2D eigenvalue weighted by Crippen LogP contribution is -2.14. The summed E-state index contributed by atoms with van der Waals surface area (Å²) >= 11 is 1.52. The minimum Gasteiger partial charge on any atom is -0.484 e. The summed E-state index contributed by atoms with van der Waals surface area (Å²) in [7, 11) is 0. The van der Waals surface area contributed by atoms with E-state index in [1.807, 2.05) is 29.6 Å². The number of nitrogens with zero attached hydrogens (tertiary/aromatic N) is 2. The quantitative estimate of drug-likeness (QED) is 0.754. The number of primary amides is 1. The summed E-state index contributed by atoms with van der Waals surface area (Å²) in [6.45, 7) is 0.133. The van der Waals surface area contributed by atoms with Gasteiger partial charge < -0.3 is 14.9 Å². The molecule has 22 heavy (non-hydrogen) atoms. The predicted octanol–water partition coefficient (Wildman–Crippen LogP) is 2.40. The number of amides is 1. The number of hydrogen-bond donors (Lipinski definition) is 1. The number of rotatable bonds is 6. The molecule has 0 bridgehead atoms. The molecule has 0 aliphatic carbocycles. The second-order valence-electron chi connectivity index (χ2n) is 4.52. The number of thiophene rings is 1. The van der Waals surface area contributed by atoms with E-state index in [1.165, 1.54) is 11.3 Å². The molecule has 2 N–H and O–H groups in total. The van der Waals surface area contributed by atoms with Crippen molar-refractivity contribution in [3.63, 3.8) is 0 Å². The molecule has 0 saturated carbocycles. The summed E-state index contributed by atoms with van der Waals surface area (Å²) in [6, 6.07) is 11.0. The standard InChI is InChI=1S/C15H13N3O3S/c16-13(19)8-10-4-1-2-5-11(10)20-9-14-17-18-15(21-14)12-6-3-7-22-12/h1-7H,8-9H2,(H2,16,19). The van der Waals surface area contributed by atoms with E-state index in [9.17, 15) is 4.79 Å². The van der Waals surface area contributed by atoms with E-state index in [2.05, 4.69) is 10.2 Å². The van der Waals surface area contributed by atoms with Gasteiger partial charge in [0.2, 0.25) is 5.91 Å². The Morgan fingerprint density at radius 1 is 1.23 bits per heavy atom. The fourth-order valence-corrected chi connectivity index (χ4v) is 2.57. The zero-order valence-corrected chi connectivity index (χ0v) is 12.4. The molecule has 2 heterocycles. The van der Waals surface area contributed by atoms with Gasteiger partial charge in [-0.05, 0) is 17.5 Å². The summed E-state index contributed by atoms with van der Waals surface area (Å²) in [6.07, 6.45) is 0.125. The molecule has 0 aliphatic rings. The van der Waals surface area contributed by atoms with Crippen molar-refractivity contribution in [1.82, 2.24) is 10.2 Å². The lowest BCUT2D eigenvalue weighted by molar-refractivity contribution is -0.117. The van der Waals surface area contributed by atoms with Gasteiger partial charge in [-0.25, -0.2) is 0 Å². The van der Waals surface area contributed by atoms with Crippen LogP contribution in [0.4, 0.5) is 0 Å². The first-order valence-corrected chi connectivity index (χ1v) is 7.45. The van der Waals surface area contributed by atoms with Gasteiger partial charge in [-0.15, -0.1) is 21.5 Å².